The van der Waals surface area contributed by atoms with E-state index in [-0.39, 0.29) is 52.2 Å². The number of piperazine rings is 1. The minimum Gasteiger partial charge on any atom is -0.508 e. The fraction of sp³-hybridized carbons (Fsp3) is 0.444. The summed E-state index contributed by atoms with van der Waals surface area (Å²) in [5.74, 6) is 1.53. The van der Waals surface area contributed by atoms with Crippen molar-refractivity contribution in [1.29, 1.82) is 0 Å². The summed E-state index contributed by atoms with van der Waals surface area (Å²) in [4.78, 5) is 13.8. The highest BCUT2D eigenvalue weighted by molar-refractivity contribution is 6.04. The normalized spacial score (nSPS) is 27.1. The van der Waals surface area contributed by atoms with Crippen LogP contribution in [0.1, 0.15) is 37.7 Å². The van der Waals surface area contributed by atoms with Gasteiger partial charge in [0.2, 0.25) is 0 Å². The predicted octanol–water partition coefficient (Wildman–Crippen LogP) is 5.33. The molecule has 8 nitrogen and oxygen atoms in total. The third kappa shape index (κ3) is 4.96. The zero-order chi connectivity index (χ0) is 32.5. The molecule has 0 radical (unpaired) electrons. The number of benzene rings is 3. The van der Waals surface area contributed by atoms with E-state index in [1.165, 1.54) is 24.3 Å². The lowest BCUT2D eigenvalue weighted by molar-refractivity contribution is 0.107. The molecule has 0 amide bonds. The van der Waals surface area contributed by atoms with E-state index < -0.39 is 23.3 Å². The van der Waals surface area contributed by atoms with Gasteiger partial charge < -0.3 is 24.8 Å². The monoisotopic (exact) mass is 643 g/mol. The second-order valence-corrected chi connectivity index (χ2v) is 13.6. The van der Waals surface area contributed by atoms with Gasteiger partial charge >= 0.3 is 6.01 Å². The van der Waals surface area contributed by atoms with Gasteiger partial charge in [-0.05, 0) is 67.4 Å². The number of aromatic hydroxyl groups is 1. The quantitative estimate of drug-likeness (QED) is 0.262. The maximum atomic E-state index is 17.0. The van der Waals surface area contributed by atoms with Crippen molar-refractivity contribution < 1.29 is 27.8 Å². The van der Waals surface area contributed by atoms with Crippen LogP contribution >= 0.6 is 0 Å². The molecule has 11 heteroatoms. The van der Waals surface area contributed by atoms with Crippen molar-refractivity contribution in [3.05, 3.63) is 53.6 Å². The number of hydrogen-bond donors (Lipinski definition) is 2. The highest BCUT2D eigenvalue weighted by Crippen LogP contribution is 2.43. The van der Waals surface area contributed by atoms with Crippen molar-refractivity contribution in [2.24, 2.45) is 0 Å². The van der Waals surface area contributed by atoms with Gasteiger partial charge in [0.25, 0.3) is 0 Å². The predicted molar refractivity (Wildman–Crippen MR) is 174 cm³/mol. The molecule has 47 heavy (non-hydrogen) atoms. The number of terminal acetylenes is 1. The number of nitrogens with zero attached hydrogens (tertiary/aromatic N) is 4. The molecule has 0 aliphatic carbocycles. The molecule has 0 unspecified atom stereocenters. The summed E-state index contributed by atoms with van der Waals surface area (Å²) < 4.78 is 58.3. The van der Waals surface area contributed by atoms with Crippen molar-refractivity contribution in [3.8, 4) is 35.2 Å². The van der Waals surface area contributed by atoms with Crippen LogP contribution in [0.3, 0.4) is 0 Å². The van der Waals surface area contributed by atoms with Gasteiger partial charge in [-0.3, -0.25) is 4.90 Å². The summed E-state index contributed by atoms with van der Waals surface area (Å²) in [5.41, 5.74) is -0.357. The number of rotatable bonds is 7. The van der Waals surface area contributed by atoms with Gasteiger partial charge in [-0.15, -0.1) is 6.42 Å². The Hall–Kier alpha value is -4.11. The Bertz CT molecular complexity index is 1950. The zero-order valence-corrected chi connectivity index (χ0v) is 26.2. The number of ether oxygens (including phenoxy) is 2. The van der Waals surface area contributed by atoms with Crippen molar-refractivity contribution in [2.45, 2.75) is 55.4 Å². The van der Waals surface area contributed by atoms with E-state index in [4.69, 9.17) is 20.9 Å². The van der Waals surface area contributed by atoms with Crippen molar-refractivity contribution in [1.82, 2.24) is 20.2 Å². The first-order chi connectivity index (χ1) is 22.7. The number of fused-ring (bicyclic) bond motifs is 5. The van der Waals surface area contributed by atoms with E-state index in [0.29, 0.717) is 54.6 Å². The Kier molecular flexibility index (Phi) is 7.24. The zero-order valence-electron chi connectivity index (χ0n) is 26.2. The highest BCUT2D eigenvalue weighted by Gasteiger charge is 2.50. The molecule has 3 aromatic carbocycles. The summed E-state index contributed by atoms with van der Waals surface area (Å²) in [5, 5.41) is 15.6. The Morgan fingerprint density at radius 3 is 2.81 bits per heavy atom. The average Bonchev–Trinajstić information content (AvgIpc) is 3.68. The number of methoxy groups -OCH3 is 1. The first kappa shape index (κ1) is 30.2. The molecular weight excluding hydrogens is 607 g/mol. The summed E-state index contributed by atoms with van der Waals surface area (Å²) in [6.45, 7) is 3.16. The molecule has 0 saturated carbocycles. The van der Waals surface area contributed by atoms with Gasteiger partial charge in [0.05, 0.1) is 23.2 Å². The number of nitrogens with one attached hydrogen (secondary N) is 1. The van der Waals surface area contributed by atoms with E-state index in [9.17, 15) is 13.9 Å². The number of anilines is 1. The number of alkyl halides is 1. The van der Waals surface area contributed by atoms with Crippen molar-refractivity contribution in [3.63, 3.8) is 0 Å². The van der Waals surface area contributed by atoms with Gasteiger partial charge in [-0.25, -0.2) is 13.2 Å². The lowest BCUT2D eigenvalue weighted by atomic mass is 9.93. The number of halogens is 3. The van der Waals surface area contributed by atoms with Crippen molar-refractivity contribution in [2.75, 3.05) is 51.4 Å². The Morgan fingerprint density at radius 1 is 1.11 bits per heavy atom. The van der Waals surface area contributed by atoms with Crippen LogP contribution in [0.4, 0.5) is 19.0 Å². The fourth-order valence-corrected chi connectivity index (χ4v) is 8.65. The lowest BCUT2D eigenvalue weighted by Gasteiger charge is -2.42. The van der Waals surface area contributed by atoms with Crippen LogP contribution in [0.15, 0.2) is 36.4 Å². The Balaban J connectivity index is 1.28. The Labute approximate surface area is 270 Å². The second kappa shape index (κ2) is 11.3. The van der Waals surface area contributed by atoms with E-state index in [1.54, 1.807) is 19.2 Å². The van der Waals surface area contributed by atoms with Crippen LogP contribution < -0.4 is 15.0 Å². The molecule has 5 heterocycles. The summed E-state index contributed by atoms with van der Waals surface area (Å²) >= 11 is 0. The molecular formula is C36H36F3N5O3. The first-order valence-electron chi connectivity index (χ1n) is 16.2. The molecule has 4 aliphatic rings. The molecule has 4 atom stereocenters. The van der Waals surface area contributed by atoms with Crippen LogP contribution in [-0.4, -0.2) is 89.8 Å². The van der Waals surface area contributed by atoms with Crippen LogP contribution in [0.2, 0.25) is 0 Å². The number of hydrogen-bond acceptors (Lipinski definition) is 8. The highest BCUT2D eigenvalue weighted by atomic mass is 19.1. The molecule has 2 bridgehead atoms. The number of phenolic OH excluding ortho intramolecular Hbond substituents is 1. The van der Waals surface area contributed by atoms with Gasteiger partial charge in [0.15, 0.2) is 5.82 Å². The molecule has 4 saturated heterocycles. The molecule has 8 rings (SSSR count). The van der Waals surface area contributed by atoms with E-state index in [2.05, 4.69) is 26.0 Å². The lowest BCUT2D eigenvalue weighted by Crippen LogP contribution is -2.61. The van der Waals surface area contributed by atoms with E-state index in [1.807, 2.05) is 0 Å². The van der Waals surface area contributed by atoms with Gasteiger partial charge in [-0.1, -0.05) is 18.1 Å². The van der Waals surface area contributed by atoms with Crippen molar-refractivity contribution >= 4 is 27.5 Å². The molecule has 0 spiro atoms. The fourth-order valence-electron chi connectivity index (χ4n) is 8.65. The molecule has 4 aromatic rings. The van der Waals surface area contributed by atoms with Crippen LogP contribution in [-0.2, 0) is 4.74 Å². The number of aromatic nitrogens is 2. The largest absolute Gasteiger partial charge is 0.508 e. The topological polar surface area (TPSA) is 83.0 Å². The third-order valence-electron chi connectivity index (χ3n) is 10.6. The van der Waals surface area contributed by atoms with Gasteiger partial charge in [0.1, 0.15) is 35.7 Å². The smallest absolute Gasteiger partial charge is 0.319 e. The SMILES string of the molecule is C#Cc1c(F)ccc2cc(O)cc(-c3ccc4c(N5C[C@@H]6CC[C@](COC)(C5)N6)nc(OC[C@@]56CCCN5C[C@H](F)C6)nc4c3F)c12. The minimum absolute atomic E-state index is 0.00915. The summed E-state index contributed by atoms with van der Waals surface area (Å²) in [6, 6.07) is 9.16. The van der Waals surface area contributed by atoms with Gasteiger partial charge in [0, 0.05) is 55.5 Å². The molecule has 4 aliphatic heterocycles. The summed E-state index contributed by atoms with van der Waals surface area (Å²) in [7, 11) is 1.69. The summed E-state index contributed by atoms with van der Waals surface area (Å²) in [6.07, 6.45) is 8.85. The molecule has 2 N–H and O–H groups in total. The van der Waals surface area contributed by atoms with E-state index in [0.717, 1.165) is 32.2 Å². The van der Waals surface area contributed by atoms with E-state index >= 15 is 4.39 Å². The van der Waals surface area contributed by atoms with Crippen LogP contribution in [0.25, 0.3) is 32.8 Å². The van der Waals surface area contributed by atoms with Crippen LogP contribution in [0.5, 0.6) is 11.8 Å². The third-order valence-corrected chi connectivity index (χ3v) is 10.6. The van der Waals surface area contributed by atoms with Crippen LogP contribution in [0, 0.1) is 24.0 Å². The Morgan fingerprint density at radius 2 is 1.98 bits per heavy atom. The maximum absolute atomic E-state index is 17.0. The molecule has 244 valence electrons. The second-order valence-electron chi connectivity index (χ2n) is 13.6. The molecule has 4 fully saturated rings. The number of phenols is 1. The minimum atomic E-state index is -0.921. The van der Waals surface area contributed by atoms with Gasteiger partial charge in [-0.2, -0.15) is 9.97 Å². The molecule has 1 aromatic heterocycles. The average molecular weight is 644 g/mol. The standard InChI is InChI=1S/C36H36F3N5O3/c1-3-25-29(38)8-5-21-13-24(45)14-28(30(21)25)26-6-7-27-32(31(26)39)40-34(47-20-36-10-4-12-44(36)16-22(37)15-36)41-33(27)43-17-23-9-11-35(18-43,42-23)19-46-2/h1,5-8,13-14,22-23,42,45H,4,9-12,15-20H2,2H3/t22-,23+,35-,36+/m1/s1. The first-order valence-corrected chi connectivity index (χ1v) is 16.2. The maximum Gasteiger partial charge on any atom is 0.319 e.